The van der Waals surface area contributed by atoms with Crippen LogP contribution in [0.25, 0.3) is 0 Å². The summed E-state index contributed by atoms with van der Waals surface area (Å²) in [5.41, 5.74) is 3.21. The third-order valence-electron chi connectivity index (χ3n) is 6.52. The van der Waals surface area contributed by atoms with Crippen LogP contribution in [0.3, 0.4) is 0 Å². The Morgan fingerprint density at radius 3 is 2.50 bits per heavy atom. The third kappa shape index (κ3) is 4.43. The van der Waals surface area contributed by atoms with Crippen LogP contribution in [0.4, 0.5) is 4.79 Å². The number of ether oxygens (including phenoxy) is 3. The first-order chi connectivity index (χ1) is 15.4. The number of hydrogen-bond acceptors (Lipinski definition) is 5. The summed E-state index contributed by atoms with van der Waals surface area (Å²) < 4.78 is 17.3. The van der Waals surface area contributed by atoms with Gasteiger partial charge in [0.1, 0.15) is 6.61 Å². The van der Waals surface area contributed by atoms with Crippen molar-refractivity contribution in [2.75, 3.05) is 19.8 Å². The van der Waals surface area contributed by atoms with E-state index < -0.39 is 17.8 Å². The van der Waals surface area contributed by atoms with Crippen molar-refractivity contribution >= 4 is 12.0 Å². The van der Waals surface area contributed by atoms with Crippen LogP contribution in [0.2, 0.25) is 0 Å². The highest BCUT2D eigenvalue weighted by Crippen LogP contribution is 2.42. The molecule has 0 saturated carbocycles. The first-order valence-corrected chi connectivity index (χ1v) is 11.3. The molecule has 2 aromatic carbocycles. The van der Waals surface area contributed by atoms with E-state index in [1.54, 1.807) is 0 Å². The lowest BCUT2D eigenvalue weighted by Crippen LogP contribution is -2.53. The SMILES string of the molecule is CCC(c1cccc(C)c1)C(C(=O)N1C(=O)OC[C@@H]1Cc1ccccc1)C1(C)OCCO1. The molecule has 0 N–H and O–H groups in total. The number of amides is 2. The average Bonchev–Trinajstić information content (AvgIpc) is 3.38. The number of cyclic esters (lactones) is 1. The van der Waals surface area contributed by atoms with E-state index in [1.807, 2.05) is 62.4 Å². The summed E-state index contributed by atoms with van der Waals surface area (Å²) in [6.07, 6.45) is 0.653. The van der Waals surface area contributed by atoms with Gasteiger partial charge in [0.05, 0.1) is 25.2 Å². The van der Waals surface area contributed by atoms with Gasteiger partial charge in [-0.05, 0) is 37.8 Å². The second-order valence-corrected chi connectivity index (χ2v) is 8.75. The zero-order chi connectivity index (χ0) is 22.7. The minimum absolute atomic E-state index is 0.170. The Kier molecular flexibility index (Phi) is 6.63. The molecule has 0 bridgehead atoms. The highest BCUT2D eigenvalue weighted by molar-refractivity contribution is 5.95. The van der Waals surface area contributed by atoms with Crippen molar-refractivity contribution in [1.29, 1.82) is 0 Å². The topological polar surface area (TPSA) is 65.1 Å². The maximum Gasteiger partial charge on any atom is 0.416 e. The molecular formula is C26H31NO5. The van der Waals surface area contributed by atoms with Gasteiger partial charge in [-0.3, -0.25) is 4.79 Å². The van der Waals surface area contributed by atoms with Gasteiger partial charge in [-0.1, -0.05) is 67.1 Å². The number of nitrogens with zero attached hydrogens (tertiary/aromatic N) is 1. The van der Waals surface area contributed by atoms with Gasteiger partial charge in [-0.2, -0.15) is 0 Å². The Morgan fingerprint density at radius 1 is 1.12 bits per heavy atom. The normalized spacial score (nSPS) is 21.9. The van der Waals surface area contributed by atoms with E-state index in [1.165, 1.54) is 4.90 Å². The zero-order valence-electron chi connectivity index (χ0n) is 19.0. The van der Waals surface area contributed by atoms with Gasteiger partial charge in [-0.25, -0.2) is 9.69 Å². The Morgan fingerprint density at radius 2 is 1.84 bits per heavy atom. The standard InChI is InChI=1S/C26H31NO5/c1-4-22(20-12-8-9-18(2)15-20)23(26(3)31-13-14-32-26)24(28)27-21(17-30-25(27)29)16-19-10-6-5-7-11-19/h5-12,15,21-23H,4,13-14,16-17H2,1-3H3/t21-,22?,23?/m0/s1. The summed E-state index contributed by atoms with van der Waals surface area (Å²) in [5.74, 6) is -2.26. The Balaban J connectivity index is 1.69. The van der Waals surface area contributed by atoms with Crippen LogP contribution in [0, 0.1) is 12.8 Å². The smallest absolute Gasteiger partial charge is 0.416 e. The molecule has 32 heavy (non-hydrogen) atoms. The Hall–Kier alpha value is -2.70. The Labute approximate surface area is 189 Å². The monoisotopic (exact) mass is 437 g/mol. The molecule has 2 heterocycles. The molecule has 2 aliphatic heterocycles. The van der Waals surface area contributed by atoms with Crippen molar-refractivity contribution in [2.45, 2.75) is 51.4 Å². The van der Waals surface area contributed by atoms with E-state index in [9.17, 15) is 9.59 Å². The lowest BCUT2D eigenvalue weighted by molar-refractivity contribution is -0.196. The second kappa shape index (κ2) is 9.43. The Bertz CT molecular complexity index is 954. The summed E-state index contributed by atoms with van der Waals surface area (Å²) in [6.45, 7) is 6.92. The van der Waals surface area contributed by atoms with Crippen molar-refractivity contribution in [2.24, 2.45) is 5.92 Å². The van der Waals surface area contributed by atoms with Gasteiger partial charge >= 0.3 is 6.09 Å². The summed E-state index contributed by atoms with van der Waals surface area (Å²) in [6, 6.07) is 17.6. The van der Waals surface area contributed by atoms with Crippen molar-refractivity contribution in [3.63, 3.8) is 0 Å². The molecule has 2 unspecified atom stereocenters. The molecule has 2 fully saturated rings. The molecule has 4 rings (SSSR count). The van der Waals surface area contributed by atoms with E-state index >= 15 is 0 Å². The molecular weight excluding hydrogens is 406 g/mol. The lowest BCUT2D eigenvalue weighted by atomic mass is 9.77. The molecule has 2 amide bonds. The molecule has 0 aromatic heterocycles. The molecule has 0 spiro atoms. The van der Waals surface area contributed by atoms with Gasteiger partial charge < -0.3 is 14.2 Å². The summed E-state index contributed by atoms with van der Waals surface area (Å²) in [7, 11) is 0. The molecule has 3 atom stereocenters. The van der Waals surface area contributed by atoms with Crippen molar-refractivity contribution in [3.8, 4) is 0 Å². The highest BCUT2D eigenvalue weighted by Gasteiger charge is 2.53. The van der Waals surface area contributed by atoms with Crippen molar-refractivity contribution in [1.82, 2.24) is 4.90 Å². The van der Waals surface area contributed by atoms with E-state index in [4.69, 9.17) is 14.2 Å². The van der Waals surface area contributed by atoms with E-state index in [-0.39, 0.29) is 24.5 Å². The zero-order valence-corrected chi connectivity index (χ0v) is 19.0. The van der Waals surface area contributed by atoms with Crippen molar-refractivity contribution in [3.05, 3.63) is 71.3 Å². The van der Waals surface area contributed by atoms with E-state index in [0.29, 0.717) is 26.1 Å². The van der Waals surface area contributed by atoms with Gasteiger partial charge in [0.25, 0.3) is 0 Å². The number of imide groups is 1. The number of carbonyl (C=O) groups excluding carboxylic acids is 2. The van der Waals surface area contributed by atoms with Gasteiger partial charge in [-0.15, -0.1) is 0 Å². The molecule has 2 saturated heterocycles. The number of hydrogen-bond donors (Lipinski definition) is 0. The van der Waals surface area contributed by atoms with Crippen LogP contribution < -0.4 is 0 Å². The predicted octanol–water partition coefficient (Wildman–Crippen LogP) is 4.46. The minimum atomic E-state index is -1.11. The second-order valence-electron chi connectivity index (χ2n) is 8.75. The average molecular weight is 438 g/mol. The minimum Gasteiger partial charge on any atom is -0.447 e. The first kappa shape index (κ1) is 22.5. The van der Waals surface area contributed by atoms with Crippen molar-refractivity contribution < 1.29 is 23.8 Å². The molecule has 6 nitrogen and oxygen atoms in total. The number of aryl methyl sites for hydroxylation is 1. The van der Waals surface area contributed by atoms with Crippen LogP contribution >= 0.6 is 0 Å². The number of benzene rings is 2. The van der Waals surface area contributed by atoms with Crippen LogP contribution in [0.5, 0.6) is 0 Å². The van der Waals surface area contributed by atoms with E-state index in [0.717, 1.165) is 16.7 Å². The van der Waals surface area contributed by atoms with Crippen LogP contribution in [-0.4, -0.2) is 48.5 Å². The van der Waals surface area contributed by atoms with Gasteiger partial charge in [0.15, 0.2) is 5.79 Å². The first-order valence-electron chi connectivity index (χ1n) is 11.3. The fraction of sp³-hybridized carbons (Fsp3) is 0.462. The number of rotatable bonds is 7. The van der Waals surface area contributed by atoms with Crippen LogP contribution in [0.15, 0.2) is 54.6 Å². The quantitative estimate of drug-likeness (QED) is 0.640. The van der Waals surface area contributed by atoms with Crippen LogP contribution in [0.1, 0.15) is 42.9 Å². The van der Waals surface area contributed by atoms with Gasteiger partial charge in [0.2, 0.25) is 5.91 Å². The molecule has 2 aromatic rings. The number of carbonyl (C=O) groups is 2. The molecule has 6 heteroatoms. The molecule has 2 aliphatic rings. The summed E-state index contributed by atoms with van der Waals surface area (Å²) in [4.78, 5) is 28.1. The fourth-order valence-electron chi connectivity index (χ4n) is 4.95. The van der Waals surface area contributed by atoms with E-state index in [2.05, 4.69) is 13.0 Å². The lowest BCUT2D eigenvalue weighted by Gasteiger charge is -2.38. The molecule has 170 valence electrons. The third-order valence-corrected chi connectivity index (χ3v) is 6.52. The maximum atomic E-state index is 14.1. The summed E-state index contributed by atoms with van der Waals surface area (Å²) >= 11 is 0. The predicted molar refractivity (Wildman–Crippen MR) is 120 cm³/mol. The molecule has 0 radical (unpaired) electrons. The highest BCUT2D eigenvalue weighted by atomic mass is 16.7. The summed E-state index contributed by atoms with van der Waals surface area (Å²) in [5, 5.41) is 0. The largest absolute Gasteiger partial charge is 0.447 e. The van der Waals surface area contributed by atoms with Gasteiger partial charge in [0, 0.05) is 5.92 Å². The maximum absolute atomic E-state index is 14.1. The molecule has 0 aliphatic carbocycles. The fourth-order valence-corrected chi connectivity index (χ4v) is 4.95. The van der Waals surface area contributed by atoms with Crippen LogP contribution in [-0.2, 0) is 25.4 Å².